The first kappa shape index (κ1) is 18.6. The maximum Gasteiger partial charge on any atom is 0.150 e. The Bertz CT molecular complexity index is 318. The van der Waals surface area contributed by atoms with Crippen molar-refractivity contribution in [3.05, 3.63) is 29.8 Å². The van der Waals surface area contributed by atoms with Gasteiger partial charge in [0.05, 0.1) is 6.61 Å². The van der Waals surface area contributed by atoms with Crippen molar-refractivity contribution in [1.29, 1.82) is 0 Å². The van der Waals surface area contributed by atoms with E-state index in [1.165, 1.54) is 6.42 Å². The molecular weight excluding hydrogens is 256 g/mol. The second-order valence-corrected chi connectivity index (χ2v) is 4.31. The summed E-state index contributed by atoms with van der Waals surface area (Å²) in [5, 5.41) is 8.20. The zero-order chi connectivity index (χ0) is 15.1. The van der Waals surface area contributed by atoms with E-state index in [-0.39, 0.29) is 0 Å². The highest BCUT2D eigenvalue weighted by molar-refractivity contribution is 5.74. The molecule has 0 aliphatic rings. The smallest absolute Gasteiger partial charge is 0.150 e. The molecule has 4 heteroatoms. The van der Waals surface area contributed by atoms with Crippen molar-refractivity contribution >= 4 is 6.29 Å². The van der Waals surface area contributed by atoms with Gasteiger partial charge in [-0.3, -0.25) is 4.79 Å². The lowest BCUT2D eigenvalue weighted by atomic mass is 10.2. The van der Waals surface area contributed by atoms with Gasteiger partial charge in [0.2, 0.25) is 0 Å². The lowest BCUT2D eigenvalue weighted by molar-refractivity contribution is 0.112. The summed E-state index contributed by atoms with van der Waals surface area (Å²) in [4.78, 5) is 10.4. The van der Waals surface area contributed by atoms with Crippen LogP contribution in [0.3, 0.4) is 0 Å². The Morgan fingerprint density at radius 3 is 2.25 bits per heavy atom. The topological polar surface area (TPSA) is 55.8 Å². The molecule has 0 bridgehead atoms. The number of carbonyl (C=O) groups is 1. The van der Waals surface area contributed by atoms with E-state index in [0.29, 0.717) is 25.4 Å². The summed E-state index contributed by atoms with van der Waals surface area (Å²) in [6, 6.07) is 7.05. The summed E-state index contributed by atoms with van der Waals surface area (Å²) in [6.07, 6.45) is 5.01. The van der Waals surface area contributed by atoms with Crippen LogP contribution in [-0.2, 0) is 4.74 Å². The SMILES string of the molecule is CCCCCO.COCCCOc1ccc(C=O)cc1. The monoisotopic (exact) mass is 282 g/mol. The maximum absolute atomic E-state index is 10.4. The van der Waals surface area contributed by atoms with Gasteiger partial charge >= 0.3 is 0 Å². The van der Waals surface area contributed by atoms with Gasteiger partial charge in [-0.25, -0.2) is 0 Å². The van der Waals surface area contributed by atoms with Gasteiger partial charge in [0, 0.05) is 32.3 Å². The maximum atomic E-state index is 10.4. The van der Waals surface area contributed by atoms with Gasteiger partial charge in [-0.1, -0.05) is 19.8 Å². The van der Waals surface area contributed by atoms with Gasteiger partial charge in [-0.2, -0.15) is 0 Å². The van der Waals surface area contributed by atoms with Gasteiger partial charge in [0.25, 0.3) is 0 Å². The fraction of sp³-hybridized carbons (Fsp3) is 0.562. The van der Waals surface area contributed by atoms with Crippen molar-refractivity contribution < 1.29 is 19.4 Å². The minimum absolute atomic E-state index is 0.355. The number of benzene rings is 1. The molecule has 1 N–H and O–H groups in total. The van der Waals surface area contributed by atoms with Gasteiger partial charge in [0.1, 0.15) is 12.0 Å². The lowest BCUT2D eigenvalue weighted by Gasteiger charge is -2.05. The zero-order valence-corrected chi connectivity index (χ0v) is 12.5. The Morgan fingerprint density at radius 1 is 1.10 bits per heavy atom. The van der Waals surface area contributed by atoms with E-state index in [1.807, 2.05) is 0 Å². The zero-order valence-electron chi connectivity index (χ0n) is 12.5. The number of aliphatic hydroxyl groups is 1. The molecule has 0 atom stereocenters. The van der Waals surface area contributed by atoms with Crippen molar-refractivity contribution in [3.63, 3.8) is 0 Å². The molecule has 1 aromatic rings. The molecule has 114 valence electrons. The fourth-order valence-electron chi connectivity index (χ4n) is 1.40. The number of hydrogen-bond donors (Lipinski definition) is 1. The highest BCUT2D eigenvalue weighted by Crippen LogP contribution is 2.11. The molecule has 1 aromatic carbocycles. The fourth-order valence-corrected chi connectivity index (χ4v) is 1.40. The molecule has 0 saturated carbocycles. The third-order valence-electron chi connectivity index (χ3n) is 2.54. The minimum atomic E-state index is 0.355. The summed E-state index contributed by atoms with van der Waals surface area (Å²) in [5.74, 6) is 0.784. The second-order valence-electron chi connectivity index (χ2n) is 4.31. The summed E-state index contributed by atoms with van der Waals surface area (Å²) in [6.45, 7) is 3.81. The molecule has 0 heterocycles. The van der Waals surface area contributed by atoms with Crippen LogP contribution in [0.2, 0.25) is 0 Å². The average Bonchev–Trinajstić information content (AvgIpc) is 2.51. The normalized spacial score (nSPS) is 9.55. The van der Waals surface area contributed by atoms with Crippen LogP contribution in [0.15, 0.2) is 24.3 Å². The number of methoxy groups -OCH3 is 1. The Morgan fingerprint density at radius 2 is 1.80 bits per heavy atom. The molecule has 0 saturated heterocycles. The predicted octanol–water partition coefficient (Wildman–Crippen LogP) is 3.08. The number of unbranched alkanes of at least 4 members (excludes halogenated alkanes) is 2. The van der Waals surface area contributed by atoms with E-state index >= 15 is 0 Å². The number of ether oxygens (including phenoxy) is 2. The number of rotatable bonds is 9. The lowest BCUT2D eigenvalue weighted by Crippen LogP contribution is -2.01. The molecule has 0 aliphatic heterocycles. The molecule has 0 radical (unpaired) electrons. The van der Waals surface area contributed by atoms with Crippen LogP contribution in [0.4, 0.5) is 0 Å². The Kier molecular flexibility index (Phi) is 13.1. The Balaban J connectivity index is 0.000000511. The van der Waals surface area contributed by atoms with E-state index in [2.05, 4.69) is 6.92 Å². The standard InChI is InChI=1S/C11H14O3.C5H12O/c1-13-7-2-8-14-11-5-3-10(9-12)4-6-11;1-2-3-4-5-6/h3-6,9H,2,7-8H2,1H3;6H,2-5H2,1H3. The van der Waals surface area contributed by atoms with Crippen molar-refractivity contribution in [2.24, 2.45) is 0 Å². The highest BCUT2D eigenvalue weighted by Gasteiger charge is 1.94. The van der Waals surface area contributed by atoms with Gasteiger partial charge in [-0.15, -0.1) is 0 Å². The molecule has 1 rings (SSSR count). The van der Waals surface area contributed by atoms with E-state index in [1.54, 1.807) is 31.4 Å². The third kappa shape index (κ3) is 10.5. The molecular formula is C16H26O4. The van der Waals surface area contributed by atoms with Crippen molar-refractivity contribution in [3.8, 4) is 5.75 Å². The minimum Gasteiger partial charge on any atom is -0.494 e. The van der Waals surface area contributed by atoms with Gasteiger partial charge in [0.15, 0.2) is 0 Å². The molecule has 20 heavy (non-hydrogen) atoms. The number of aliphatic hydroxyl groups excluding tert-OH is 1. The highest BCUT2D eigenvalue weighted by atomic mass is 16.5. The Labute approximate surface area is 121 Å². The van der Waals surface area contributed by atoms with E-state index in [9.17, 15) is 4.79 Å². The second kappa shape index (κ2) is 14.0. The summed E-state index contributed by atoms with van der Waals surface area (Å²) in [7, 11) is 1.67. The average molecular weight is 282 g/mol. The number of aldehydes is 1. The van der Waals surface area contributed by atoms with Crippen molar-refractivity contribution in [1.82, 2.24) is 0 Å². The van der Waals surface area contributed by atoms with Crippen LogP contribution < -0.4 is 4.74 Å². The van der Waals surface area contributed by atoms with Gasteiger partial charge < -0.3 is 14.6 Å². The van der Waals surface area contributed by atoms with E-state index in [4.69, 9.17) is 14.6 Å². The molecule has 0 unspecified atom stereocenters. The van der Waals surface area contributed by atoms with E-state index < -0.39 is 0 Å². The van der Waals surface area contributed by atoms with Crippen molar-refractivity contribution in [2.45, 2.75) is 32.6 Å². The summed E-state index contributed by atoms with van der Waals surface area (Å²) in [5.41, 5.74) is 0.661. The van der Waals surface area contributed by atoms with Crippen LogP contribution in [0.5, 0.6) is 5.75 Å². The van der Waals surface area contributed by atoms with Crippen LogP contribution in [0.25, 0.3) is 0 Å². The molecule has 0 aliphatic carbocycles. The largest absolute Gasteiger partial charge is 0.494 e. The molecule has 0 amide bonds. The molecule has 0 fully saturated rings. The third-order valence-corrected chi connectivity index (χ3v) is 2.54. The first-order valence-electron chi connectivity index (χ1n) is 7.06. The molecule has 0 aromatic heterocycles. The Hall–Kier alpha value is -1.39. The summed E-state index contributed by atoms with van der Waals surface area (Å²) < 4.78 is 10.3. The quantitative estimate of drug-likeness (QED) is 0.558. The number of carbonyl (C=O) groups excluding carboxylic acids is 1. The molecule has 4 nitrogen and oxygen atoms in total. The van der Waals surface area contributed by atoms with E-state index in [0.717, 1.165) is 31.3 Å². The van der Waals surface area contributed by atoms with Gasteiger partial charge in [-0.05, 0) is 30.7 Å². The van der Waals surface area contributed by atoms with Crippen LogP contribution in [0.1, 0.15) is 43.0 Å². The molecule has 0 spiro atoms. The number of hydrogen-bond acceptors (Lipinski definition) is 4. The predicted molar refractivity (Wildman–Crippen MR) is 80.4 cm³/mol. The first-order chi connectivity index (χ1) is 9.78. The first-order valence-corrected chi connectivity index (χ1v) is 7.06. The van der Waals surface area contributed by atoms with Crippen LogP contribution in [0, 0.1) is 0 Å². The van der Waals surface area contributed by atoms with Crippen LogP contribution >= 0.6 is 0 Å². The summed E-state index contributed by atoms with van der Waals surface area (Å²) >= 11 is 0. The van der Waals surface area contributed by atoms with Crippen molar-refractivity contribution in [2.75, 3.05) is 26.9 Å². The van der Waals surface area contributed by atoms with Crippen LogP contribution in [-0.4, -0.2) is 38.3 Å².